The highest BCUT2D eigenvalue weighted by Gasteiger charge is 2.38. The Balaban J connectivity index is 2.87. The van der Waals surface area contributed by atoms with Crippen molar-refractivity contribution in [3.8, 4) is 0 Å². The minimum absolute atomic E-state index is 0.00881. The van der Waals surface area contributed by atoms with Crippen molar-refractivity contribution < 1.29 is 17.9 Å². The number of ether oxygens (including phenoxy) is 1. The lowest BCUT2D eigenvalue weighted by molar-refractivity contribution is -0.145. The van der Waals surface area contributed by atoms with Crippen molar-refractivity contribution in [1.29, 1.82) is 0 Å². The number of nitrogens with one attached hydrogen (secondary N) is 1. The van der Waals surface area contributed by atoms with E-state index in [1.54, 1.807) is 27.8 Å². The Bertz CT molecular complexity index is 450. The zero-order valence-corrected chi connectivity index (χ0v) is 14.5. The van der Waals surface area contributed by atoms with Gasteiger partial charge in [0.2, 0.25) is 0 Å². The maximum atomic E-state index is 12.5. The third kappa shape index (κ3) is 4.93. The summed E-state index contributed by atoms with van der Waals surface area (Å²) in [5, 5.41) is 0. The summed E-state index contributed by atoms with van der Waals surface area (Å²) in [4.78, 5) is 11.9. The number of esters is 1. The van der Waals surface area contributed by atoms with Crippen molar-refractivity contribution >= 4 is 16.2 Å². The molecule has 1 aliphatic rings. The van der Waals surface area contributed by atoms with E-state index in [0.29, 0.717) is 0 Å². The maximum absolute atomic E-state index is 12.5. The van der Waals surface area contributed by atoms with E-state index < -0.39 is 27.6 Å². The van der Waals surface area contributed by atoms with Crippen LogP contribution in [0.2, 0.25) is 0 Å². The number of carbonyl (C=O) groups excluding carboxylic acids is 1. The summed E-state index contributed by atoms with van der Waals surface area (Å²) < 4.78 is 33.6. The molecule has 0 aromatic rings. The van der Waals surface area contributed by atoms with Gasteiger partial charge in [0.25, 0.3) is 10.2 Å². The molecule has 6 nitrogen and oxygen atoms in total. The average Bonchev–Trinajstić information content (AvgIpc) is 2.43. The topological polar surface area (TPSA) is 75.7 Å². The summed E-state index contributed by atoms with van der Waals surface area (Å²) in [6, 6.07) is -0.895. The Hall–Kier alpha value is -0.660. The van der Waals surface area contributed by atoms with Crippen LogP contribution in [0.1, 0.15) is 52.9 Å². The molecule has 7 heteroatoms. The Morgan fingerprint density at radius 1 is 1.24 bits per heavy atom. The van der Waals surface area contributed by atoms with Crippen molar-refractivity contribution in [1.82, 2.24) is 9.03 Å². The molecule has 0 heterocycles. The first kappa shape index (κ1) is 18.4. The molecule has 1 rings (SSSR count). The molecule has 0 aromatic carbocycles. The summed E-state index contributed by atoms with van der Waals surface area (Å²) in [6.07, 6.45) is 4.99. The summed E-state index contributed by atoms with van der Waals surface area (Å²) in [6.45, 7) is 5.41. The van der Waals surface area contributed by atoms with Crippen molar-refractivity contribution in [2.75, 3.05) is 14.2 Å². The van der Waals surface area contributed by atoms with E-state index >= 15 is 0 Å². The van der Waals surface area contributed by atoms with Crippen LogP contribution in [0.3, 0.4) is 0 Å². The molecule has 1 fully saturated rings. The summed E-state index contributed by atoms with van der Waals surface area (Å²) in [5.74, 6) is -0.567. The molecule has 0 spiro atoms. The molecule has 0 aromatic heterocycles. The molecule has 0 aliphatic heterocycles. The third-order valence-electron chi connectivity index (χ3n) is 4.04. The van der Waals surface area contributed by atoms with Crippen LogP contribution in [0.15, 0.2) is 0 Å². The van der Waals surface area contributed by atoms with Gasteiger partial charge in [-0.2, -0.15) is 17.4 Å². The normalized spacial score (nSPS) is 19.5. The highest BCUT2D eigenvalue weighted by Crippen LogP contribution is 2.25. The van der Waals surface area contributed by atoms with Gasteiger partial charge in [-0.25, -0.2) is 0 Å². The lowest BCUT2D eigenvalue weighted by atomic mass is 9.87. The molecule has 124 valence electrons. The Labute approximate surface area is 128 Å². The molecule has 1 saturated carbocycles. The van der Waals surface area contributed by atoms with Crippen molar-refractivity contribution in [2.45, 2.75) is 65.0 Å². The monoisotopic (exact) mass is 320 g/mol. The Morgan fingerprint density at radius 2 is 1.76 bits per heavy atom. The van der Waals surface area contributed by atoms with Gasteiger partial charge in [-0.05, 0) is 18.3 Å². The molecule has 1 N–H and O–H groups in total. The van der Waals surface area contributed by atoms with Gasteiger partial charge >= 0.3 is 5.97 Å². The quantitative estimate of drug-likeness (QED) is 0.782. The van der Waals surface area contributed by atoms with Crippen LogP contribution in [0, 0.1) is 5.41 Å². The highest BCUT2D eigenvalue weighted by molar-refractivity contribution is 7.87. The summed E-state index contributed by atoms with van der Waals surface area (Å²) in [7, 11) is -0.872. The first-order valence-corrected chi connectivity index (χ1v) is 8.86. The van der Waals surface area contributed by atoms with Crippen LogP contribution < -0.4 is 4.72 Å². The number of nitrogens with zero attached hydrogens (tertiary/aromatic N) is 1. The molecule has 0 radical (unpaired) electrons. The van der Waals surface area contributed by atoms with Crippen LogP contribution in [-0.4, -0.2) is 44.9 Å². The lowest BCUT2D eigenvalue weighted by Crippen LogP contribution is -2.55. The third-order valence-corrected chi connectivity index (χ3v) is 5.63. The first-order valence-electron chi connectivity index (χ1n) is 7.42. The van der Waals surface area contributed by atoms with Gasteiger partial charge in [0.1, 0.15) is 6.04 Å². The second kappa shape index (κ2) is 7.07. The number of rotatable bonds is 5. The Morgan fingerprint density at radius 3 is 2.19 bits per heavy atom. The molecule has 0 saturated heterocycles. The number of methoxy groups -OCH3 is 1. The minimum Gasteiger partial charge on any atom is -0.468 e. The molecule has 21 heavy (non-hydrogen) atoms. The average molecular weight is 320 g/mol. The first-order chi connectivity index (χ1) is 9.59. The van der Waals surface area contributed by atoms with Crippen LogP contribution in [-0.2, 0) is 19.7 Å². The predicted octanol–water partition coefficient (Wildman–Crippen LogP) is 1.67. The molecule has 1 atom stereocenters. The molecule has 1 aliphatic carbocycles. The summed E-state index contributed by atoms with van der Waals surface area (Å²) in [5.41, 5.74) is -0.562. The smallest absolute Gasteiger partial charge is 0.324 e. The van der Waals surface area contributed by atoms with Gasteiger partial charge in [0.15, 0.2) is 0 Å². The van der Waals surface area contributed by atoms with E-state index in [4.69, 9.17) is 4.74 Å². The fraction of sp³-hybridized carbons (Fsp3) is 0.929. The number of carbonyl (C=O) groups is 1. The fourth-order valence-corrected chi connectivity index (χ4v) is 4.09. The van der Waals surface area contributed by atoms with Gasteiger partial charge in [0, 0.05) is 13.1 Å². The van der Waals surface area contributed by atoms with E-state index in [2.05, 4.69) is 4.72 Å². The van der Waals surface area contributed by atoms with Crippen LogP contribution in [0.5, 0.6) is 0 Å². The van der Waals surface area contributed by atoms with Crippen LogP contribution in [0.4, 0.5) is 0 Å². The van der Waals surface area contributed by atoms with Gasteiger partial charge in [-0.15, -0.1) is 0 Å². The standard InChI is InChI=1S/C14H28N2O4S/c1-14(2,3)12(13(17)20-5)15-21(18,19)16(4)11-9-7-6-8-10-11/h11-12,15H,6-10H2,1-5H3. The van der Waals surface area contributed by atoms with E-state index in [1.807, 2.05) is 0 Å². The molecule has 0 bridgehead atoms. The molecular formula is C14H28N2O4S. The van der Waals surface area contributed by atoms with E-state index in [-0.39, 0.29) is 6.04 Å². The van der Waals surface area contributed by atoms with Crippen molar-refractivity contribution in [3.05, 3.63) is 0 Å². The Kier molecular flexibility index (Phi) is 6.19. The van der Waals surface area contributed by atoms with Gasteiger partial charge in [-0.1, -0.05) is 40.0 Å². The zero-order valence-electron chi connectivity index (χ0n) is 13.7. The second-order valence-corrected chi connectivity index (χ2v) is 8.51. The van der Waals surface area contributed by atoms with E-state index in [1.165, 1.54) is 11.4 Å². The molecule has 1 unspecified atom stereocenters. The van der Waals surface area contributed by atoms with Crippen molar-refractivity contribution in [3.63, 3.8) is 0 Å². The van der Waals surface area contributed by atoms with E-state index in [0.717, 1.165) is 32.1 Å². The number of hydrogen-bond donors (Lipinski definition) is 1. The van der Waals surface area contributed by atoms with Crippen LogP contribution in [0.25, 0.3) is 0 Å². The van der Waals surface area contributed by atoms with Gasteiger partial charge in [0.05, 0.1) is 7.11 Å². The SMILES string of the molecule is COC(=O)C(NS(=O)(=O)N(C)C1CCCCC1)C(C)(C)C. The van der Waals surface area contributed by atoms with E-state index in [9.17, 15) is 13.2 Å². The second-order valence-electron chi connectivity index (χ2n) is 6.75. The zero-order chi connectivity index (χ0) is 16.3. The summed E-state index contributed by atoms with van der Waals surface area (Å²) >= 11 is 0. The number of hydrogen-bond acceptors (Lipinski definition) is 4. The molecular weight excluding hydrogens is 292 g/mol. The van der Waals surface area contributed by atoms with Crippen molar-refractivity contribution in [2.24, 2.45) is 5.41 Å². The maximum Gasteiger partial charge on any atom is 0.324 e. The minimum atomic E-state index is -3.71. The van der Waals surface area contributed by atoms with Gasteiger partial charge in [-0.3, -0.25) is 4.79 Å². The highest BCUT2D eigenvalue weighted by atomic mass is 32.2. The largest absolute Gasteiger partial charge is 0.468 e. The van der Waals surface area contributed by atoms with Gasteiger partial charge < -0.3 is 4.74 Å². The predicted molar refractivity (Wildman–Crippen MR) is 82.0 cm³/mol. The fourth-order valence-electron chi connectivity index (χ4n) is 2.57. The molecule has 0 amide bonds. The van der Waals surface area contributed by atoms with Crippen LogP contribution >= 0.6 is 0 Å². The lowest BCUT2D eigenvalue weighted by Gasteiger charge is -2.34.